The van der Waals surface area contributed by atoms with Crippen LogP contribution in [0.25, 0.3) is 22.2 Å². The van der Waals surface area contributed by atoms with E-state index in [4.69, 9.17) is 0 Å². The van der Waals surface area contributed by atoms with Gasteiger partial charge in [-0.05, 0) is 60.5 Å². The van der Waals surface area contributed by atoms with Crippen molar-refractivity contribution in [1.82, 2.24) is 20.5 Å². The fourth-order valence-corrected chi connectivity index (χ4v) is 3.80. The highest BCUT2D eigenvalue weighted by Crippen LogP contribution is 2.25. The molecule has 1 saturated heterocycles. The third-order valence-corrected chi connectivity index (χ3v) is 5.38. The van der Waals surface area contributed by atoms with E-state index in [1.807, 2.05) is 36.5 Å². The number of aromatic nitrogens is 3. The van der Waals surface area contributed by atoms with Gasteiger partial charge in [-0.15, -0.1) is 0 Å². The molecule has 0 bridgehead atoms. The second-order valence-corrected chi connectivity index (χ2v) is 7.33. The van der Waals surface area contributed by atoms with Crippen molar-refractivity contribution in [2.75, 3.05) is 18.0 Å². The van der Waals surface area contributed by atoms with Crippen LogP contribution < -0.4 is 10.2 Å². The van der Waals surface area contributed by atoms with Gasteiger partial charge in [0.2, 0.25) is 0 Å². The fourth-order valence-electron chi connectivity index (χ4n) is 3.80. The number of halogens is 1. The molecule has 1 aliphatic rings. The van der Waals surface area contributed by atoms with Gasteiger partial charge in [-0.25, -0.2) is 4.39 Å². The Hall–Kier alpha value is -3.61. The van der Waals surface area contributed by atoms with Gasteiger partial charge in [0.15, 0.2) is 5.82 Å². The molecule has 1 atom stereocenters. The maximum absolute atomic E-state index is 13.1. The summed E-state index contributed by atoms with van der Waals surface area (Å²) in [5.74, 6) is 0.506. The molecule has 0 radical (unpaired) electrons. The van der Waals surface area contributed by atoms with Crippen molar-refractivity contribution in [3.05, 3.63) is 72.2 Å². The van der Waals surface area contributed by atoms with Gasteiger partial charge < -0.3 is 15.2 Å². The lowest BCUT2D eigenvalue weighted by atomic mass is 10.1. The van der Waals surface area contributed by atoms with Gasteiger partial charge in [-0.3, -0.25) is 9.89 Å². The molecule has 29 heavy (non-hydrogen) atoms. The number of fused-ring (bicyclic) bond motifs is 1. The highest BCUT2D eigenvalue weighted by atomic mass is 19.1. The Labute approximate surface area is 166 Å². The molecule has 6 nitrogen and oxygen atoms in total. The second-order valence-electron chi connectivity index (χ2n) is 7.33. The lowest BCUT2D eigenvalue weighted by Crippen LogP contribution is -2.37. The summed E-state index contributed by atoms with van der Waals surface area (Å²) < 4.78 is 13.1. The van der Waals surface area contributed by atoms with Gasteiger partial charge >= 0.3 is 0 Å². The summed E-state index contributed by atoms with van der Waals surface area (Å²) in [7, 11) is 0. The zero-order valence-electron chi connectivity index (χ0n) is 15.7. The van der Waals surface area contributed by atoms with Crippen LogP contribution in [0.2, 0.25) is 0 Å². The van der Waals surface area contributed by atoms with E-state index in [2.05, 4.69) is 25.4 Å². The molecule has 2 aromatic carbocycles. The van der Waals surface area contributed by atoms with Crippen LogP contribution in [0.5, 0.6) is 0 Å². The predicted octanol–water partition coefficient (Wildman–Crippen LogP) is 3.71. The molecule has 0 spiro atoms. The van der Waals surface area contributed by atoms with Crippen molar-refractivity contribution < 1.29 is 9.18 Å². The van der Waals surface area contributed by atoms with Gasteiger partial charge in [0.25, 0.3) is 5.91 Å². The topological polar surface area (TPSA) is 76.8 Å². The number of H-pyrrole nitrogens is 2. The Morgan fingerprint density at radius 1 is 1.14 bits per heavy atom. The summed E-state index contributed by atoms with van der Waals surface area (Å²) in [6.07, 6.45) is 2.72. The van der Waals surface area contributed by atoms with Crippen LogP contribution in [0.1, 0.15) is 16.8 Å². The molecule has 0 saturated carbocycles. The zero-order valence-corrected chi connectivity index (χ0v) is 15.7. The van der Waals surface area contributed by atoms with Gasteiger partial charge in [-0.2, -0.15) is 5.10 Å². The van der Waals surface area contributed by atoms with E-state index in [1.165, 1.54) is 12.1 Å². The number of hydrogen-bond donors (Lipinski definition) is 3. The number of nitrogens with zero attached hydrogens (tertiary/aromatic N) is 2. The largest absolute Gasteiger partial charge is 0.361 e. The SMILES string of the molecule is O=C(NC1CCN(c2cc(-c3ccc(F)cc3)[nH]n2)C1)c1ccc2[nH]ccc2c1. The first kappa shape index (κ1) is 17.5. The number of nitrogens with one attached hydrogen (secondary N) is 3. The van der Waals surface area contributed by atoms with Crippen LogP contribution in [-0.2, 0) is 0 Å². The highest BCUT2D eigenvalue weighted by molar-refractivity contribution is 5.98. The average Bonchev–Trinajstić information content (AvgIpc) is 3.48. The van der Waals surface area contributed by atoms with Crippen molar-refractivity contribution in [3.8, 4) is 11.3 Å². The summed E-state index contributed by atoms with van der Waals surface area (Å²) in [5.41, 5.74) is 3.40. The molecule has 2 aromatic heterocycles. The summed E-state index contributed by atoms with van der Waals surface area (Å²) in [4.78, 5) is 17.9. The number of benzene rings is 2. The van der Waals surface area contributed by atoms with Crippen LogP contribution in [0.4, 0.5) is 10.2 Å². The molecule has 0 aliphatic carbocycles. The van der Waals surface area contributed by atoms with E-state index < -0.39 is 0 Å². The number of rotatable bonds is 4. The molecule has 7 heteroatoms. The minimum Gasteiger partial charge on any atom is -0.361 e. The molecular weight excluding hydrogens is 369 g/mol. The van der Waals surface area contributed by atoms with Gasteiger partial charge in [0.1, 0.15) is 5.82 Å². The molecule has 1 fully saturated rings. The van der Waals surface area contributed by atoms with Crippen molar-refractivity contribution in [3.63, 3.8) is 0 Å². The van der Waals surface area contributed by atoms with E-state index in [1.54, 1.807) is 12.1 Å². The number of hydrogen-bond acceptors (Lipinski definition) is 3. The summed E-state index contributed by atoms with van der Waals surface area (Å²) in [6.45, 7) is 1.52. The minimum atomic E-state index is -0.262. The predicted molar refractivity (Wildman–Crippen MR) is 110 cm³/mol. The number of carbonyl (C=O) groups excluding carboxylic acids is 1. The second kappa shape index (κ2) is 7.09. The van der Waals surface area contributed by atoms with Crippen molar-refractivity contribution in [2.45, 2.75) is 12.5 Å². The van der Waals surface area contributed by atoms with Crippen LogP contribution in [0.15, 0.2) is 60.8 Å². The van der Waals surface area contributed by atoms with E-state index in [0.29, 0.717) is 12.1 Å². The minimum absolute atomic E-state index is 0.0611. The Morgan fingerprint density at radius 2 is 2.00 bits per heavy atom. The zero-order chi connectivity index (χ0) is 19.8. The third-order valence-electron chi connectivity index (χ3n) is 5.38. The number of aromatic amines is 2. The normalized spacial score (nSPS) is 16.4. The molecule has 1 amide bonds. The molecule has 3 N–H and O–H groups in total. The maximum atomic E-state index is 13.1. The number of amides is 1. The Morgan fingerprint density at radius 3 is 2.86 bits per heavy atom. The molecule has 146 valence electrons. The van der Waals surface area contributed by atoms with E-state index >= 15 is 0 Å². The quantitative estimate of drug-likeness (QED) is 0.498. The standard InChI is InChI=1S/C22H20FN5O/c23-17-4-1-14(2-5-17)20-12-21(27-26-20)28-10-8-18(13-28)25-22(29)16-3-6-19-15(11-16)7-9-24-19/h1-7,9,11-12,18,24H,8,10,13H2,(H,25,29)(H,26,27). The summed E-state index contributed by atoms with van der Waals surface area (Å²) in [5, 5.41) is 11.5. The van der Waals surface area contributed by atoms with Gasteiger partial charge in [0.05, 0.1) is 5.69 Å². The van der Waals surface area contributed by atoms with E-state index in [0.717, 1.165) is 40.9 Å². The molecule has 1 aliphatic heterocycles. The Balaban J connectivity index is 1.24. The van der Waals surface area contributed by atoms with E-state index in [-0.39, 0.29) is 17.8 Å². The Kier molecular flexibility index (Phi) is 4.27. The van der Waals surface area contributed by atoms with Crippen LogP contribution in [0.3, 0.4) is 0 Å². The van der Waals surface area contributed by atoms with Crippen molar-refractivity contribution >= 4 is 22.6 Å². The maximum Gasteiger partial charge on any atom is 0.251 e. The lowest BCUT2D eigenvalue weighted by molar-refractivity contribution is 0.0940. The first-order valence-electron chi connectivity index (χ1n) is 9.60. The number of carbonyl (C=O) groups is 1. The monoisotopic (exact) mass is 389 g/mol. The van der Waals surface area contributed by atoms with Crippen LogP contribution >= 0.6 is 0 Å². The van der Waals surface area contributed by atoms with Crippen LogP contribution in [-0.4, -0.2) is 40.2 Å². The molecular formula is C22H20FN5O. The van der Waals surface area contributed by atoms with Crippen molar-refractivity contribution in [2.24, 2.45) is 0 Å². The molecule has 3 heterocycles. The van der Waals surface area contributed by atoms with Gasteiger partial charge in [-0.1, -0.05) is 0 Å². The summed E-state index contributed by atoms with van der Waals surface area (Å²) in [6, 6.07) is 15.9. The van der Waals surface area contributed by atoms with Crippen LogP contribution in [0, 0.1) is 5.82 Å². The first-order valence-corrected chi connectivity index (χ1v) is 9.60. The molecule has 1 unspecified atom stereocenters. The third kappa shape index (κ3) is 3.47. The first-order chi connectivity index (χ1) is 14.2. The highest BCUT2D eigenvalue weighted by Gasteiger charge is 2.26. The Bertz CT molecular complexity index is 1160. The van der Waals surface area contributed by atoms with Crippen molar-refractivity contribution in [1.29, 1.82) is 0 Å². The fraction of sp³-hybridized carbons (Fsp3) is 0.182. The number of anilines is 1. The lowest BCUT2D eigenvalue weighted by Gasteiger charge is -2.16. The van der Waals surface area contributed by atoms with Gasteiger partial charge in [0, 0.05) is 47.9 Å². The van der Waals surface area contributed by atoms with E-state index in [9.17, 15) is 9.18 Å². The molecule has 4 aromatic rings. The smallest absolute Gasteiger partial charge is 0.251 e. The molecule has 5 rings (SSSR count). The summed E-state index contributed by atoms with van der Waals surface area (Å²) >= 11 is 0. The average molecular weight is 389 g/mol.